The van der Waals surface area contributed by atoms with Gasteiger partial charge in [0.2, 0.25) is 23.6 Å². The summed E-state index contributed by atoms with van der Waals surface area (Å²) in [4.78, 5) is 76.3. The molecule has 1 saturated heterocycles. The number of para-hydroxylation sites is 1. The van der Waals surface area contributed by atoms with Gasteiger partial charge in [-0.25, -0.2) is 4.79 Å². The molecule has 39 heavy (non-hydrogen) atoms. The van der Waals surface area contributed by atoms with Gasteiger partial charge in [-0.05, 0) is 37.4 Å². The number of rotatable bonds is 14. The van der Waals surface area contributed by atoms with E-state index in [0.29, 0.717) is 18.5 Å². The molecule has 1 aromatic carbocycles. The molecule has 9 N–H and O–H groups in total. The third-order valence-corrected chi connectivity index (χ3v) is 6.41. The second kappa shape index (κ2) is 13.4. The number of carbonyl (C=O) groups is 6. The van der Waals surface area contributed by atoms with Crippen LogP contribution < -0.4 is 27.0 Å². The van der Waals surface area contributed by atoms with Crippen molar-refractivity contribution in [3.8, 4) is 0 Å². The Kier molecular flexibility index (Phi) is 9.98. The highest BCUT2D eigenvalue weighted by molar-refractivity contribution is 5.95. The highest BCUT2D eigenvalue weighted by atomic mass is 16.4. The van der Waals surface area contributed by atoms with Gasteiger partial charge in [0.25, 0.3) is 0 Å². The van der Waals surface area contributed by atoms with Gasteiger partial charge in [0.05, 0.1) is 12.5 Å². The summed E-state index contributed by atoms with van der Waals surface area (Å²) in [5.41, 5.74) is 6.64. The summed E-state index contributed by atoms with van der Waals surface area (Å²) in [5.74, 6) is -5.84. The van der Waals surface area contributed by atoms with Gasteiger partial charge in [0, 0.05) is 29.9 Å². The van der Waals surface area contributed by atoms with Crippen molar-refractivity contribution >= 4 is 46.5 Å². The van der Waals surface area contributed by atoms with E-state index in [1.807, 2.05) is 12.1 Å². The lowest BCUT2D eigenvalue weighted by Gasteiger charge is -2.25. The van der Waals surface area contributed by atoms with Gasteiger partial charge in [-0.1, -0.05) is 18.2 Å². The quantitative estimate of drug-likeness (QED) is 0.142. The maximum Gasteiger partial charge on any atom is 0.326 e. The second-order valence-corrected chi connectivity index (χ2v) is 9.34. The molecule has 4 amide bonds. The van der Waals surface area contributed by atoms with E-state index < -0.39 is 66.2 Å². The Morgan fingerprint density at radius 2 is 1.67 bits per heavy atom. The number of nitrogens with one attached hydrogen (secondary N) is 5. The second-order valence-electron chi connectivity index (χ2n) is 9.34. The first-order valence-electron chi connectivity index (χ1n) is 12.5. The molecular weight excluding hydrogens is 512 g/mol. The lowest BCUT2D eigenvalue weighted by Crippen LogP contribution is -2.57. The normalized spacial score (nSPS) is 17.1. The predicted octanol–water partition coefficient (Wildman–Crippen LogP) is -1.26. The average Bonchev–Trinajstić information content (AvgIpc) is 3.56. The number of hydrogen-bond donors (Lipinski definition) is 8. The molecule has 0 saturated carbocycles. The molecule has 1 aliphatic heterocycles. The van der Waals surface area contributed by atoms with Gasteiger partial charge in [0.1, 0.15) is 18.1 Å². The van der Waals surface area contributed by atoms with Crippen LogP contribution >= 0.6 is 0 Å². The van der Waals surface area contributed by atoms with Crippen molar-refractivity contribution in [1.82, 2.24) is 26.3 Å². The summed E-state index contributed by atoms with van der Waals surface area (Å²) in [6.07, 6.45) is 1.70. The number of hydrogen-bond acceptors (Lipinski definition) is 7. The molecule has 1 fully saturated rings. The van der Waals surface area contributed by atoms with Gasteiger partial charge < -0.3 is 42.2 Å². The van der Waals surface area contributed by atoms with E-state index in [1.54, 1.807) is 18.3 Å². The standard InChI is InChI=1S/C25H32N6O8/c26-20(32)8-7-17(29-22(35)16-6-3-9-27-16)23(36)30-18(24(37)31-19(25(38)39)11-21(33)34)10-13-12-28-15-5-2-1-4-14(13)15/h1-2,4-5,12,16-19,27-28H,3,6-11H2,(H2,26,32)(H,29,35)(H,30,36)(H,31,37)(H,33,34)(H,38,39). The predicted molar refractivity (Wildman–Crippen MR) is 137 cm³/mol. The number of carboxylic acids is 2. The van der Waals surface area contributed by atoms with Crippen LogP contribution in [0.5, 0.6) is 0 Å². The Balaban J connectivity index is 1.84. The van der Waals surface area contributed by atoms with Crippen LogP contribution in [0.25, 0.3) is 10.9 Å². The van der Waals surface area contributed by atoms with Crippen molar-refractivity contribution in [3.63, 3.8) is 0 Å². The summed E-state index contributed by atoms with van der Waals surface area (Å²) in [7, 11) is 0. The van der Waals surface area contributed by atoms with Crippen LogP contribution in [-0.2, 0) is 35.2 Å². The van der Waals surface area contributed by atoms with E-state index in [-0.39, 0.29) is 19.3 Å². The Labute approximate surface area is 223 Å². The van der Waals surface area contributed by atoms with Crippen LogP contribution in [0.4, 0.5) is 0 Å². The number of primary amides is 1. The highest BCUT2D eigenvalue weighted by Crippen LogP contribution is 2.19. The Bertz CT molecular complexity index is 1240. The van der Waals surface area contributed by atoms with E-state index in [4.69, 9.17) is 10.8 Å². The van der Waals surface area contributed by atoms with Crippen molar-refractivity contribution in [3.05, 3.63) is 36.0 Å². The number of aromatic nitrogens is 1. The first kappa shape index (κ1) is 29.1. The Morgan fingerprint density at radius 1 is 0.974 bits per heavy atom. The number of fused-ring (bicyclic) bond motifs is 1. The van der Waals surface area contributed by atoms with Crippen LogP contribution in [0.15, 0.2) is 30.5 Å². The minimum absolute atomic E-state index is 0.0817. The van der Waals surface area contributed by atoms with Gasteiger partial charge in [-0.2, -0.15) is 0 Å². The Morgan fingerprint density at radius 3 is 2.31 bits per heavy atom. The summed E-state index contributed by atoms with van der Waals surface area (Å²) < 4.78 is 0. The zero-order valence-electron chi connectivity index (χ0n) is 21.1. The van der Waals surface area contributed by atoms with Crippen LogP contribution in [-0.4, -0.2) is 81.5 Å². The molecule has 0 aliphatic carbocycles. The molecule has 2 heterocycles. The number of amides is 4. The zero-order valence-corrected chi connectivity index (χ0v) is 21.1. The Hall–Kier alpha value is -4.46. The smallest absolute Gasteiger partial charge is 0.326 e. The van der Waals surface area contributed by atoms with Crippen LogP contribution in [0.1, 0.15) is 37.7 Å². The van der Waals surface area contributed by atoms with Crippen LogP contribution in [0.3, 0.4) is 0 Å². The number of carboxylic acid groups (broad SMARTS) is 2. The average molecular weight is 545 g/mol. The minimum Gasteiger partial charge on any atom is -0.481 e. The van der Waals surface area contributed by atoms with Crippen LogP contribution in [0, 0.1) is 0 Å². The fourth-order valence-electron chi connectivity index (χ4n) is 4.39. The number of aromatic amines is 1. The lowest BCUT2D eigenvalue weighted by molar-refractivity contribution is -0.147. The maximum absolute atomic E-state index is 13.3. The lowest BCUT2D eigenvalue weighted by atomic mass is 10.0. The molecule has 0 radical (unpaired) electrons. The molecule has 3 rings (SSSR count). The van der Waals surface area contributed by atoms with Crippen molar-refractivity contribution in [2.24, 2.45) is 5.73 Å². The number of aliphatic carboxylic acids is 2. The summed E-state index contributed by atoms with van der Waals surface area (Å²) in [6, 6.07) is 2.41. The third-order valence-electron chi connectivity index (χ3n) is 6.41. The van der Waals surface area contributed by atoms with Gasteiger partial charge in [-0.15, -0.1) is 0 Å². The molecule has 0 spiro atoms. The largest absolute Gasteiger partial charge is 0.481 e. The molecule has 4 unspecified atom stereocenters. The molecule has 210 valence electrons. The summed E-state index contributed by atoms with van der Waals surface area (Å²) in [6.45, 7) is 0.643. The van der Waals surface area contributed by atoms with Crippen molar-refractivity contribution in [2.45, 2.75) is 62.7 Å². The first-order valence-corrected chi connectivity index (χ1v) is 12.5. The number of nitrogens with two attached hydrogens (primary N) is 1. The molecule has 14 heteroatoms. The maximum atomic E-state index is 13.3. The monoisotopic (exact) mass is 544 g/mol. The van der Waals surface area contributed by atoms with Crippen LogP contribution in [0.2, 0.25) is 0 Å². The number of benzene rings is 1. The molecule has 14 nitrogen and oxygen atoms in total. The number of H-pyrrole nitrogens is 1. The first-order chi connectivity index (χ1) is 18.5. The molecule has 2 aromatic rings. The van der Waals surface area contributed by atoms with E-state index in [9.17, 15) is 33.9 Å². The minimum atomic E-state index is -1.74. The topological polar surface area (TPSA) is 233 Å². The van der Waals surface area contributed by atoms with Crippen molar-refractivity contribution in [1.29, 1.82) is 0 Å². The molecular formula is C25H32N6O8. The van der Waals surface area contributed by atoms with Gasteiger partial charge in [-0.3, -0.25) is 24.0 Å². The van der Waals surface area contributed by atoms with E-state index in [1.165, 1.54) is 0 Å². The fraction of sp³-hybridized carbons (Fsp3) is 0.440. The zero-order chi connectivity index (χ0) is 28.5. The molecule has 0 bridgehead atoms. The summed E-state index contributed by atoms with van der Waals surface area (Å²) >= 11 is 0. The molecule has 1 aromatic heterocycles. The van der Waals surface area contributed by atoms with E-state index in [2.05, 4.69) is 26.3 Å². The SMILES string of the molecule is NC(=O)CCC(NC(=O)C1CCCN1)C(=O)NC(Cc1c[nH]c2ccccc12)C(=O)NC(CC(=O)O)C(=O)O. The van der Waals surface area contributed by atoms with E-state index in [0.717, 1.165) is 17.3 Å². The molecule has 4 atom stereocenters. The van der Waals surface area contributed by atoms with Gasteiger partial charge >= 0.3 is 11.9 Å². The van der Waals surface area contributed by atoms with E-state index >= 15 is 0 Å². The third kappa shape index (κ3) is 8.26. The van der Waals surface area contributed by atoms with Crippen molar-refractivity contribution < 1.29 is 39.0 Å². The summed E-state index contributed by atoms with van der Waals surface area (Å²) in [5, 5.41) is 29.5. The fourth-order valence-corrected chi connectivity index (χ4v) is 4.39. The highest BCUT2D eigenvalue weighted by Gasteiger charge is 2.32. The number of carbonyl (C=O) groups excluding carboxylic acids is 4. The van der Waals surface area contributed by atoms with Gasteiger partial charge in [0.15, 0.2) is 0 Å². The van der Waals surface area contributed by atoms with Crippen molar-refractivity contribution in [2.75, 3.05) is 6.54 Å². The molecule has 1 aliphatic rings.